The van der Waals surface area contributed by atoms with Gasteiger partial charge in [0.1, 0.15) is 0 Å². The predicted octanol–water partition coefficient (Wildman–Crippen LogP) is 2.39. The summed E-state index contributed by atoms with van der Waals surface area (Å²) in [6.07, 6.45) is 2.71. The molecule has 1 N–H and O–H groups in total. The lowest BCUT2D eigenvalue weighted by atomic mass is 10.1. The summed E-state index contributed by atoms with van der Waals surface area (Å²) in [5, 5.41) is 8.26. The molecular weight excluding hydrogens is 290 g/mol. The van der Waals surface area contributed by atoms with Gasteiger partial charge in [-0.15, -0.1) is 0 Å². The fraction of sp³-hybridized carbons (Fsp3) is 0.588. The second-order valence-corrected chi connectivity index (χ2v) is 6.42. The summed E-state index contributed by atoms with van der Waals surface area (Å²) in [5.74, 6) is -0.0714. The summed E-state index contributed by atoms with van der Waals surface area (Å²) in [4.78, 5) is 19.3. The van der Waals surface area contributed by atoms with Crippen molar-refractivity contribution in [2.75, 3.05) is 20.6 Å². The van der Waals surface area contributed by atoms with Crippen molar-refractivity contribution in [1.29, 1.82) is 0 Å². The molecule has 23 heavy (non-hydrogen) atoms. The highest BCUT2D eigenvalue weighted by atomic mass is 16.1. The number of nitrogens with zero attached hydrogens (tertiary/aromatic N) is 4. The van der Waals surface area contributed by atoms with E-state index in [1.165, 1.54) is 0 Å². The number of aromatic nitrogens is 3. The van der Waals surface area contributed by atoms with E-state index >= 15 is 0 Å². The molecule has 0 spiro atoms. The minimum Gasteiger partial charge on any atom is -0.350 e. The molecule has 0 bridgehead atoms. The van der Waals surface area contributed by atoms with E-state index in [4.69, 9.17) is 0 Å². The topological polar surface area (TPSA) is 63.1 Å². The lowest BCUT2D eigenvalue weighted by Crippen LogP contribution is -2.38. The molecule has 0 aliphatic rings. The van der Waals surface area contributed by atoms with Crippen LogP contribution < -0.4 is 5.32 Å². The molecule has 0 saturated heterocycles. The van der Waals surface area contributed by atoms with Gasteiger partial charge in [0, 0.05) is 18.3 Å². The molecule has 2 heterocycles. The van der Waals surface area contributed by atoms with Gasteiger partial charge in [-0.25, -0.2) is 9.67 Å². The summed E-state index contributed by atoms with van der Waals surface area (Å²) in [7, 11) is 4.00. The van der Waals surface area contributed by atoms with E-state index in [-0.39, 0.29) is 18.0 Å². The van der Waals surface area contributed by atoms with Crippen LogP contribution in [0.5, 0.6) is 0 Å². The minimum atomic E-state index is -0.0714. The van der Waals surface area contributed by atoms with Crippen molar-refractivity contribution in [2.24, 2.45) is 0 Å². The number of amides is 1. The van der Waals surface area contributed by atoms with Crippen molar-refractivity contribution < 1.29 is 4.79 Å². The summed E-state index contributed by atoms with van der Waals surface area (Å²) >= 11 is 0. The molecule has 0 aliphatic carbocycles. The predicted molar refractivity (Wildman–Crippen MR) is 92.7 cm³/mol. The van der Waals surface area contributed by atoms with E-state index in [9.17, 15) is 4.79 Å². The fourth-order valence-electron chi connectivity index (χ4n) is 2.34. The zero-order valence-electron chi connectivity index (χ0n) is 14.9. The smallest absolute Gasteiger partial charge is 0.252 e. The van der Waals surface area contributed by atoms with E-state index in [1.54, 1.807) is 6.20 Å². The summed E-state index contributed by atoms with van der Waals surface area (Å²) in [5.41, 5.74) is 2.26. The highest BCUT2D eigenvalue weighted by Crippen LogP contribution is 2.22. The van der Waals surface area contributed by atoms with Crippen molar-refractivity contribution in [3.8, 4) is 0 Å². The number of fused-ring (bicyclic) bond motifs is 1. The molecule has 2 rings (SSSR count). The lowest BCUT2D eigenvalue weighted by Gasteiger charge is -2.20. The van der Waals surface area contributed by atoms with Gasteiger partial charge in [0.15, 0.2) is 5.65 Å². The summed E-state index contributed by atoms with van der Waals surface area (Å²) in [6.45, 7) is 8.81. The number of rotatable bonds is 6. The van der Waals surface area contributed by atoms with Crippen LogP contribution in [0.2, 0.25) is 0 Å². The van der Waals surface area contributed by atoms with Crippen LogP contribution in [0.4, 0.5) is 0 Å². The number of pyridine rings is 1. The molecule has 0 aliphatic heterocycles. The third-order valence-electron chi connectivity index (χ3n) is 4.39. The maximum atomic E-state index is 12.6. The van der Waals surface area contributed by atoms with Crippen molar-refractivity contribution in [3.05, 3.63) is 23.5 Å². The Kier molecular flexibility index (Phi) is 5.36. The first-order chi connectivity index (χ1) is 10.8. The fourth-order valence-corrected chi connectivity index (χ4v) is 2.34. The van der Waals surface area contributed by atoms with Crippen molar-refractivity contribution in [2.45, 2.75) is 46.2 Å². The standard InChI is InChI=1S/C17H27N5O/c1-7-12(3)22-16-15(10-19-22)14(8-11(2)20-16)17(23)18-9-13(4)21(5)6/h8,10,12-13H,7,9H2,1-6H3,(H,18,23)/t12-,13+/m1/s1. The van der Waals surface area contributed by atoms with E-state index in [1.807, 2.05) is 31.8 Å². The molecule has 2 atom stereocenters. The molecule has 1 amide bonds. The van der Waals surface area contributed by atoms with Crippen LogP contribution in [0.15, 0.2) is 12.3 Å². The van der Waals surface area contributed by atoms with Gasteiger partial charge in [-0.3, -0.25) is 4.79 Å². The summed E-state index contributed by atoms with van der Waals surface area (Å²) < 4.78 is 1.90. The van der Waals surface area contributed by atoms with Crippen LogP contribution in [0.3, 0.4) is 0 Å². The highest BCUT2D eigenvalue weighted by Gasteiger charge is 2.18. The number of carbonyl (C=O) groups is 1. The molecule has 6 nitrogen and oxygen atoms in total. The number of hydrogen-bond donors (Lipinski definition) is 1. The first-order valence-electron chi connectivity index (χ1n) is 8.14. The van der Waals surface area contributed by atoms with Crippen molar-refractivity contribution >= 4 is 16.9 Å². The maximum absolute atomic E-state index is 12.6. The van der Waals surface area contributed by atoms with Crippen LogP contribution in [0.25, 0.3) is 11.0 Å². The Hall–Kier alpha value is -1.95. The van der Waals surface area contributed by atoms with Crippen LogP contribution >= 0.6 is 0 Å². The molecule has 6 heteroatoms. The molecule has 0 fully saturated rings. The normalized spacial score (nSPS) is 14.2. The zero-order chi connectivity index (χ0) is 17.1. The minimum absolute atomic E-state index is 0.0714. The third-order valence-corrected chi connectivity index (χ3v) is 4.39. The number of nitrogens with one attached hydrogen (secondary N) is 1. The van der Waals surface area contributed by atoms with E-state index in [0.717, 1.165) is 23.1 Å². The van der Waals surface area contributed by atoms with Gasteiger partial charge in [-0.05, 0) is 47.4 Å². The Morgan fingerprint density at radius 1 is 1.39 bits per heavy atom. The lowest BCUT2D eigenvalue weighted by molar-refractivity contribution is 0.0945. The van der Waals surface area contributed by atoms with E-state index < -0.39 is 0 Å². The van der Waals surface area contributed by atoms with Gasteiger partial charge < -0.3 is 10.2 Å². The number of aryl methyl sites for hydroxylation is 1. The van der Waals surface area contributed by atoms with Crippen LogP contribution in [0.1, 0.15) is 49.3 Å². The van der Waals surface area contributed by atoms with Gasteiger partial charge in [-0.2, -0.15) is 5.10 Å². The molecular formula is C17H27N5O. The molecule has 0 saturated carbocycles. The SMILES string of the molecule is CC[C@@H](C)n1ncc2c(C(=O)NC[C@H](C)N(C)C)cc(C)nc21. The van der Waals surface area contributed by atoms with Gasteiger partial charge in [0.2, 0.25) is 0 Å². The van der Waals surface area contributed by atoms with E-state index in [0.29, 0.717) is 12.1 Å². The number of likely N-dealkylation sites (N-methyl/N-ethyl adjacent to an activating group) is 1. The van der Waals surface area contributed by atoms with Crippen molar-refractivity contribution in [3.63, 3.8) is 0 Å². The second-order valence-electron chi connectivity index (χ2n) is 6.42. The Morgan fingerprint density at radius 3 is 2.70 bits per heavy atom. The molecule has 2 aromatic heterocycles. The van der Waals surface area contributed by atoms with Crippen LogP contribution in [-0.4, -0.2) is 52.3 Å². The van der Waals surface area contributed by atoms with Crippen LogP contribution in [-0.2, 0) is 0 Å². The van der Waals surface area contributed by atoms with Crippen molar-refractivity contribution in [1.82, 2.24) is 25.0 Å². The Morgan fingerprint density at radius 2 is 2.09 bits per heavy atom. The monoisotopic (exact) mass is 317 g/mol. The zero-order valence-corrected chi connectivity index (χ0v) is 14.9. The molecule has 0 aromatic carbocycles. The van der Waals surface area contributed by atoms with E-state index in [2.05, 4.69) is 41.1 Å². The summed E-state index contributed by atoms with van der Waals surface area (Å²) in [6, 6.07) is 2.37. The second kappa shape index (κ2) is 7.08. The van der Waals surface area contributed by atoms with Gasteiger partial charge in [0.05, 0.1) is 23.2 Å². The van der Waals surface area contributed by atoms with Crippen LogP contribution in [0, 0.1) is 6.92 Å². The number of hydrogen-bond acceptors (Lipinski definition) is 4. The molecule has 0 unspecified atom stereocenters. The Labute approximate surface area is 137 Å². The average Bonchev–Trinajstić information content (AvgIpc) is 2.93. The quantitative estimate of drug-likeness (QED) is 0.888. The molecule has 2 aromatic rings. The number of carbonyl (C=O) groups excluding carboxylic acids is 1. The van der Waals surface area contributed by atoms with Gasteiger partial charge >= 0.3 is 0 Å². The third kappa shape index (κ3) is 3.69. The molecule has 126 valence electrons. The largest absolute Gasteiger partial charge is 0.350 e. The Balaban J connectivity index is 2.33. The average molecular weight is 317 g/mol. The Bertz CT molecular complexity index is 692. The first-order valence-corrected chi connectivity index (χ1v) is 8.14. The highest BCUT2D eigenvalue weighted by molar-refractivity contribution is 6.05. The first kappa shape index (κ1) is 17.4. The van der Waals surface area contributed by atoms with Gasteiger partial charge in [0.25, 0.3) is 5.91 Å². The van der Waals surface area contributed by atoms with Gasteiger partial charge in [-0.1, -0.05) is 6.92 Å². The maximum Gasteiger partial charge on any atom is 0.252 e. The molecule has 0 radical (unpaired) electrons.